The molecule has 19 heavy (non-hydrogen) atoms. The van der Waals surface area contributed by atoms with Crippen molar-refractivity contribution in [2.75, 3.05) is 0 Å². The Labute approximate surface area is 114 Å². The van der Waals surface area contributed by atoms with E-state index in [0.717, 1.165) is 18.7 Å². The predicted molar refractivity (Wildman–Crippen MR) is 75.9 cm³/mol. The standard InChI is InChI=1S/C16H20N2O/c1-13(2)16(19)9-8-15-11-18(12-17-15)10-14-6-4-3-5-7-14/h3-7,11-13H,8-10H2,1-2H3. The van der Waals surface area contributed by atoms with Crippen molar-refractivity contribution >= 4 is 5.78 Å². The number of carbonyl (C=O) groups excluding carboxylic acids is 1. The van der Waals surface area contributed by atoms with Gasteiger partial charge in [-0.1, -0.05) is 44.2 Å². The first kappa shape index (κ1) is 13.5. The van der Waals surface area contributed by atoms with Crippen molar-refractivity contribution < 1.29 is 4.79 Å². The van der Waals surface area contributed by atoms with Crippen LogP contribution in [0.15, 0.2) is 42.9 Å². The van der Waals surface area contributed by atoms with Crippen LogP contribution in [-0.2, 0) is 17.8 Å². The lowest BCUT2D eigenvalue weighted by atomic mass is 10.0. The number of hydrogen-bond acceptors (Lipinski definition) is 2. The Morgan fingerprint density at radius 3 is 2.68 bits per heavy atom. The van der Waals surface area contributed by atoms with Gasteiger partial charge < -0.3 is 4.57 Å². The molecule has 0 amide bonds. The molecule has 0 radical (unpaired) electrons. The molecule has 0 saturated heterocycles. The van der Waals surface area contributed by atoms with Crippen molar-refractivity contribution in [3.8, 4) is 0 Å². The molecule has 1 heterocycles. The Morgan fingerprint density at radius 1 is 1.26 bits per heavy atom. The highest BCUT2D eigenvalue weighted by Crippen LogP contribution is 2.07. The number of carbonyl (C=O) groups is 1. The first-order valence-corrected chi connectivity index (χ1v) is 6.72. The van der Waals surface area contributed by atoms with Crippen molar-refractivity contribution in [3.05, 3.63) is 54.1 Å². The highest BCUT2D eigenvalue weighted by atomic mass is 16.1. The van der Waals surface area contributed by atoms with E-state index in [2.05, 4.69) is 21.7 Å². The molecule has 1 aromatic carbocycles. The van der Waals surface area contributed by atoms with Gasteiger partial charge in [0.1, 0.15) is 5.78 Å². The molecule has 100 valence electrons. The van der Waals surface area contributed by atoms with Crippen LogP contribution >= 0.6 is 0 Å². The number of aromatic nitrogens is 2. The minimum Gasteiger partial charge on any atom is -0.333 e. The number of hydrogen-bond donors (Lipinski definition) is 0. The third-order valence-electron chi connectivity index (χ3n) is 3.17. The van der Waals surface area contributed by atoms with Gasteiger partial charge in [-0.15, -0.1) is 0 Å². The summed E-state index contributed by atoms with van der Waals surface area (Å²) in [5, 5.41) is 0. The molecule has 3 nitrogen and oxygen atoms in total. The quantitative estimate of drug-likeness (QED) is 0.796. The van der Waals surface area contributed by atoms with Crippen LogP contribution in [0.5, 0.6) is 0 Å². The van der Waals surface area contributed by atoms with E-state index in [1.165, 1.54) is 5.56 Å². The van der Waals surface area contributed by atoms with Crippen molar-refractivity contribution in [2.24, 2.45) is 5.92 Å². The average molecular weight is 256 g/mol. The zero-order valence-corrected chi connectivity index (χ0v) is 11.5. The van der Waals surface area contributed by atoms with Crippen molar-refractivity contribution in [3.63, 3.8) is 0 Å². The molecule has 0 fully saturated rings. The Bertz CT molecular complexity index is 529. The molecule has 0 spiro atoms. The van der Waals surface area contributed by atoms with Gasteiger partial charge in [-0.05, 0) is 12.0 Å². The first-order valence-electron chi connectivity index (χ1n) is 6.72. The highest BCUT2D eigenvalue weighted by Gasteiger charge is 2.08. The summed E-state index contributed by atoms with van der Waals surface area (Å²) in [6, 6.07) is 10.3. The molecule has 0 aliphatic carbocycles. The van der Waals surface area contributed by atoms with E-state index in [1.807, 2.05) is 44.6 Å². The monoisotopic (exact) mass is 256 g/mol. The van der Waals surface area contributed by atoms with Crippen LogP contribution in [0.25, 0.3) is 0 Å². The van der Waals surface area contributed by atoms with Gasteiger partial charge in [-0.2, -0.15) is 0 Å². The van der Waals surface area contributed by atoms with E-state index in [9.17, 15) is 4.79 Å². The number of Topliss-reactive ketones (excluding diaryl/α,β-unsaturated/α-hetero) is 1. The maximum Gasteiger partial charge on any atom is 0.135 e. The maximum absolute atomic E-state index is 11.6. The minimum absolute atomic E-state index is 0.117. The third kappa shape index (κ3) is 4.05. The van der Waals surface area contributed by atoms with E-state index < -0.39 is 0 Å². The second-order valence-electron chi connectivity index (χ2n) is 5.14. The Balaban J connectivity index is 1.91. The van der Waals surface area contributed by atoms with Crippen LogP contribution in [0.4, 0.5) is 0 Å². The average Bonchev–Trinajstić information content (AvgIpc) is 2.84. The van der Waals surface area contributed by atoms with Gasteiger partial charge >= 0.3 is 0 Å². The Morgan fingerprint density at radius 2 is 2.00 bits per heavy atom. The van der Waals surface area contributed by atoms with Crippen LogP contribution in [0.3, 0.4) is 0 Å². The molecule has 1 aromatic heterocycles. The largest absolute Gasteiger partial charge is 0.333 e. The molecule has 0 aliphatic rings. The van der Waals surface area contributed by atoms with Crippen LogP contribution in [0.1, 0.15) is 31.5 Å². The lowest BCUT2D eigenvalue weighted by molar-refractivity contribution is -0.121. The zero-order valence-electron chi connectivity index (χ0n) is 11.5. The van der Waals surface area contributed by atoms with E-state index >= 15 is 0 Å². The number of rotatable bonds is 6. The molecule has 0 N–H and O–H groups in total. The van der Waals surface area contributed by atoms with Crippen LogP contribution in [0.2, 0.25) is 0 Å². The van der Waals surface area contributed by atoms with Gasteiger partial charge in [0.15, 0.2) is 0 Å². The van der Waals surface area contributed by atoms with Gasteiger partial charge in [0, 0.05) is 25.1 Å². The molecule has 0 aliphatic heterocycles. The van der Waals surface area contributed by atoms with Gasteiger partial charge in [0.2, 0.25) is 0 Å². The molecular formula is C16H20N2O. The molecule has 0 bridgehead atoms. The second kappa shape index (κ2) is 6.32. The van der Waals surface area contributed by atoms with Crippen molar-refractivity contribution in [1.29, 1.82) is 0 Å². The first-order chi connectivity index (χ1) is 9.15. The summed E-state index contributed by atoms with van der Waals surface area (Å²) in [6.07, 6.45) is 5.18. The SMILES string of the molecule is CC(C)C(=O)CCc1cn(Cc2ccccc2)cn1. The topological polar surface area (TPSA) is 34.9 Å². The van der Waals surface area contributed by atoms with Crippen LogP contribution < -0.4 is 0 Å². The molecule has 0 unspecified atom stereocenters. The van der Waals surface area contributed by atoms with E-state index in [-0.39, 0.29) is 5.92 Å². The van der Waals surface area contributed by atoms with Crippen molar-refractivity contribution in [2.45, 2.75) is 33.2 Å². The summed E-state index contributed by atoms with van der Waals surface area (Å²) < 4.78 is 2.06. The summed E-state index contributed by atoms with van der Waals surface area (Å²) in [6.45, 7) is 4.71. The van der Waals surface area contributed by atoms with E-state index in [4.69, 9.17) is 0 Å². The fourth-order valence-corrected chi connectivity index (χ4v) is 1.96. The van der Waals surface area contributed by atoms with Crippen molar-refractivity contribution in [1.82, 2.24) is 9.55 Å². The molecule has 2 rings (SSSR count). The van der Waals surface area contributed by atoms with E-state index in [1.54, 1.807) is 0 Å². The van der Waals surface area contributed by atoms with Gasteiger partial charge in [0.05, 0.1) is 12.0 Å². The summed E-state index contributed by atoms with van der Waals surface area (Å²) in [4.78, 5) is 15.9. The lowest BCUT2D eigenvalue weighted by Gasteiger charge is -2.02. The number of benzene rings is 1. The fraction of sp³-hybridized carbons (Fsp3) is 0.375. The second-order valence-corrected chi connectivity index (χ2v) is 5.14. The van der Waals surface area contributed by atoms with Gasteiger partial charge in [-0.3, -0.25) is 4.79 Å². The molecule has 0 saturated carbocycles. The van der Waals surface area contributed by atoms with Gasteiger partial charge in [0.25, 0.3) is 0 Å². The lowest BCUT2D eigenvalue weighted by Crippen LogP contribution is -2.07. The Hall–Kier alpha value is -1.90. The molecular weight excluding hydrogens is 236 g/mol. The highest BCUT2D eigenvalue weighted by molar-refractivity contribution is 5.80. The number of aryl methyl sites for hydroxylation is 1. The Kier molecular flexibility index (Phi) is 4.50. The predicted octanol–water partition coefficient (Wildman–Crippen LogP) is 3.09. The third-order valence-corrected chi connectivity index (χ3v) is 3.17. The van der Waals surface area contributed by atoms with E-state index in [0.29, 0.717) is 12.2 Å². The molecule has 3 heteroatoms. The molecule has 2 aromatic rings. The van der Waals surface area contributed by atoms with Crippen LogP contribution in [0, 0.1) is 5.92 Å². The zero-order chi connectivity index (χ0) is 13.7. The summed E-state index contributed by atoms with van der Waals surface area (Å²) in [5.41, 5.74) is 2.25. The maximum atomic E-state index is 11.6. The number of ketones is 1. The van der Waals surface area contributed by atoms with Crippen LogP contribution in [-0.4, -0.2) is 15.3 Å². The molecule has 0 atom stereocenters. The summed E-state index contributed by atoms with van der Waals surface area (Å²) in [7, 11) is 0. The summed E-state index contributed by atoms with van der Waals surface area (Å²) in [5.74, 6) is 0.420. The van der Waals surface area contributed by atoms with Gasteiger partial charge in [-0.25, -0.2) is 4.98 Å². The number of imidazole rings is 1. The smallest absolute Gasteiger partial charge is 0.135 e. The minimum atomic E-state index is 0.117. The fourth-order valence-electron chi connectivity index (χ4n) is 1.96. The normalized spacial score (nSPS) is 10.9. The summed E-state index contributed by atoms with van der Waals surface area (Å²) >= 11 is 0. The number of nitrogens with zero attached hydrogens (tertiary/aromatic N) is 2.